The lowest BCUT2D eigenvalue weighted by molar-refractivity contribution is 0.0600. The topological polar surface area (TPSA) is 29.5 Å². The Bertz CT molecular complexity index is 668. The maximum absolute atomic E-state index is 11.5. The van der Waals surface area contributed by atoms with E-state index in [4.69, 9.17) is 4.74 Å². The molecule has 2 aromatic rings. The molecular weight excluding hydrogens is 350 g/mol. The molecule has 0 radical (unpaired) electrons. The van der Waals surface area contributed by atoms with Crippen LogP contribution in [0.15, 0.2) is 34.1 Å². The molecule has 0 saturated heterocycles. The molecule has 0 unspecified atom stereocenters. The molecule has 2 heterocycles. The van der Waals surface area contributed by atoms with Crippen LogP contribution in [0.25, 0.3) is 0 Å². The lowest BCUT2D eigenvalue weighted by Crippen LogP contribution is -2.29. The zero-order valence-corrected chi connectivity index (χ0v) is 14.2. The summed E-state index contributed by atoms with van der Waals surface area (Å²) in [5, 5.41) is 2.18. The van der Waals surface area contributed by atoms with Crippen molar-refractivity contribution in [2.45, 2.75) is 19.5 Å². The van der Waals surface area contributed by atoms with Gasteiger partial charge in [0, 0.05) is 29.0 Å². The van der Waals surface area contributed by atoms with Crippen molar-refractivity contribution in [1.82, 2.24) is 4.90 Å². The number of ether oxygens (including phenoxy) is 1. The second kappa shape index (κ2) is 6.30. The van der Waals surface area contributed by atoms with E-state index in [0.29, 0.717) is 5.56 Å². The van der Waals surface area contributed by atoms with E-state index in [1.807, 2.05) is 29.5 Å². The fraction of sp³-hybridized carbons (Fsp3) is 0.312. The number of halogens is 1. The average Bonchev–Trinajstić information content (AvgIpc) is 2.96. The monoisotopic (exact) mass is 365 g/mol. The summed E-state index contributed by atoms with van der Waals surface area (Å²) in [7, 11) is 1.40. The van der Waals surface area contributed by atoms with Gasteiger partial charge < -0.3 is 4.74 Å². The number of fused-ring (bicyclic) bond motifs is 1. The normalized spacial score (nSPS) is 14.8. The summed E-state index contributed by atoms with van der Waals surface area (Å²) in [6.07, 6.45) is 1.13. The van der Waals surface area contributed by atoms with E-state index in [0.717, 1.165) is 30.5 Å². The van der Waals surface area contributed by atoms with Crippen LogP contribution in [-0.4, -0.2) is 24.5 Å². The molecule has 3 nitrogen and oxygen atoms in total. The van der Waals surface area contributed by atoms with Crippen molar-refractivity contribution in [3.8, 4) is 0 Å². The largest absolute Gasteiger partial charge is 0.465 e. The lowest BCUT2D eigenvalue weighted by atomic mass is 10.1. The summed E-state index contributed by atoms with van der Waals surface area (Å²) >= 11 is 5.42. The number of carbonyl (C=O) groups excluding carboxylic acids is 1. The second-order valence-corrected chi connectivity index (χ2v) is 6.98. The van der Waals surface area contributed by atoms with Crippen molar-refractivity contribution < 1.29 is 9.53 Å². The summed E-state index contributed by atoms with van der Waals surface area (Å²) in [4.78, 5) is 15.5. The predicted octanol–water partition coefficient (Wildman–Crippen LogP) is 3.86. The highest BCUT2D eigenvalue weighted by Gasteiger charge is 2.18. The van der Waals surface area contributed by atoms with Gasteiger partial charge in [-0.2, -0.15) is 0 Å². The van der Waals surface area contributed by atoms with E-state index in [9.17, 15) is 4.79 Å². The minimum absolute atomic E-state index is 0.303. The van der Waals surface area contributed by atoms with Crippen molar-refractivity contribution in [3.63, 3.8) is 0 Å². The first-order valence-corrected chi connectivity index (χ1v) is 8.49. The van der Waals surface area contributed by atoms with Crippen LogP contribution in [0, 0.1) is 0 Å². The van der Waals surface area contributed by atoms with Crippen molar-refractivity contribution >= 4 is 33.2 Å². The molecule has 1 aromatic heterocycles. The number of methoxy groups -OCH3 is 1. The van der Waals surface area contributed by atoms with Crippen LogP contribution in [0.2, 0.25) is 0 Å². The maximum atomic E-state index is 11.5. The Kier molecular flexibility index (Phi) is 4.42. The molecule has 0 aliphatic carbocycles. The SMILES string of the molecule is COC(=O)c1ccc(CN2CCc3sccc3C2)c(Br)c1. The van der Waals surface area contributed by atoms with Crippen LogP contribution in [0.5, 0.6) is 0 Å². The van der Waals surface area contributed by atoms with E-state index in [2.05, 4.69) is 32.3 Å². The number of nitrogens with zero attached hydrogens (tertiary/aromatic N) is 1. The van der Waals surface area contributed by atoms with E-state index in [1.165, 1.54) is 23.1 Å². The van der Waals surface area contributed by atoms with Gasteiger partial charge in [0.1, 0.15) is 0 Å². The Morgan fingerprint density at radius 3 is 3.05 bits per heavy atom. The average molecular weight is 366 g/mol. The van der Waals surface area contributed by atoms with Gasteiger partial charge in [-0.05, 0) is 41.1 Å². The number of carbonyl (C=O) groups is 1. The van der Waals surface area contributed by atoms with Gasteiger partial charge >= 0.3 is 5.97 Å². The molecule has 0 bridgehead atoms. The number of benzene rings is 1. The summed E-state index contributed by atoms with van der Waals surface area (Å²) < 4.78 is 5.70. The minimum atomic E-state index is -0.303. The van der Waals surface area contributed by atoms with E-state index in [1.54, 1.807) is 0 Å². The Labute approximate surface area is 136 Å². The summed E-state index contributed by atoms with van der Waals surface area (Å²) in [5.74, 6) is -0.303. The van der Waals surface area contributed by atoms with Gasteiger partial charge in [0.2, 0.25) is 0 Å². The lowest BCUT2D eigenvalue weighted by Gasteiger charge is -2.27. The molecule has 0 saturated carbocycles. The first-order valence-electron chi connectivity index (χ1n) is 6.81. The van der Waals surface area contributed by atoms with Crippen LogP contribution >= 0.6 is 27.3 Å². The highest BCUT2D eigenvalue weighted by atomic mass is 79.9. The Hall–Kier alpha value is -1.17. The summed E-state index contributed by atoms with van der Waals surface area (Å²) in [6.45, 7) is 2.97. The number of hydrogen-bond donors (Lipinski definition) is 0. The molecule has 0 atom stereocenters. The van der Waals surface area contributed by atoms with Crippen LogP contribution in [0.1, 0.15) is 26.4 Å². The van der Waals surface area contributed by atoms with E-state index >= 15 is 0 Å². The molecular formula is C16H16BrNO2S. The molecule has 0 spiro atoms. The highest BCUT2D eigenvalue weighted by Crippen LogP contribution is 2.27. The smallest absolute Gasteiger partial charge is 0.337 e. The number of esters is 1. The van der Waals surface area contributed by atoms with Crippen LogP contribution < -0.4 is 0 Å². The molecule has 0 N–H and O–H groups in total. The van der Waals surface area contributed by atoms with Gasteiger partial charge in [0.05, 0.1) is 12.7 Å². The molecule has 0 fully saturated rings. The second-order valence-electron chi connectivity index (χ2n) is 5.13. The summed E-state index contributed by atoms with van der Waals surface area (Å²) in [6, 6.07) is 7.88. The molecule has 1 aromatic carbocycles. The molecule has 1 aliphatic heterocycles. The molecule has 110 valence electrons. The molecule has 5 heteroatoms. The first kappa shape index (κ1) is 14.8. The van der Waals surface area contributed by atoms with Crippen molar-refractivity contribution in [2.24, 2.45) is 0 Å². The van der Waals surface area contributed by atoms with Crippen molar-refractivity contribution in [2.75, 3.05) is 13.7 Å². The number of rotatable bonds is 3. The highest BCUT2D eigenvalue weighted by molar-refractivity contribution is 9.10. The third-order valence-corrected chi connectivity index (χ3v) is 5.52. The van der Waals surface area contributed by atoms with Gasteiger partial charge in [0.15, 0.2) is 0 Å². The van der Waals surface area contributed by atoms with E-state index < -0.39 is 0 Å². The van der Waals surface area contributed by atoms with Crippen molar-refractivity contribution in [3.05, 3.63) is 55.7 Å². The third kappa shape index (κ3) is 3.20. The quantitative estimate of drug-likeness (QED) is 0.773. The molecule has 0 amide bonds. The fourth-order valence-electron chi connectivity index (χ4n) is 2.60. The Morgan fingerprint density at radius 2 is 2.29 bits per heavy atom. The number of hydrogen-bond acceptors (Lipinski definition) is 4. The van der Waals surface area contributed by atoms with Crippen LogP contribution in [-0.2, 0) is 24.2 Å². The zero-order valence-electron chi connectivity index (χ0n) is 11.8. The standard InChI is InChI=1S/C16H16BrNO2S/c1-20-16(19)11-2-3-12(14(17)8-11)9-18-6-4-15-13(10-18)5-7-21-15/h2-3,5,7-8H,4,6,9-10H2,1H3. The predicted molar refractivity (Wildman–Crippen MR) is 87.6 cm³/mol. The van der Waals surface area contributed by atoms with Gasteiger partial charge in [-0.3, -0.25) is 4.90 Å². The molecule has 1 aliphatic rings. The molecule has 3 rings (SSSR count). The van der Waals surface area contributed by atoms with Gasteiger partial charge in [0.25, 0.3) is 0 Å². The molecule has 21 heavy (non-hydrogen) atoms. The van der Waals surface area contributed by atoms with Crippen LogP contribution in [0.4, 0.5) is 0 Å². The Balaban J connectivity index is 1.72. The van der Waals surface area contributed by atoms with Gasteiger partial charge in [-0.15, -0.1) is 11.3 Å². The van der Waals surface area contributed by atoms with Crippen molar-refractivity contribution in [1.29, 1.82) is 0 Å². The van der Waals surface area contributed by atoms with Gasteiger partial charge in [-0.1, -0.05) is 22.0 Å². The summed E-state index contributed by atoms with van der Waals surface area (Å²) in [5.41, 5.74) is 3.22. The van der Waals surface area contributed by atoms with Gasteiger partial charge in [-0.25, -0.2) is 4.79 Å². The number of thiophene rings is 1. The van der Waals surface area contributed by atoms with Crippen LogP contribution in [0.3, 0.4) is 0 Å². The zero-order chi connectivity index (χ0) is 14.8. The third-order valence-electron chi connectivity index (χ3n) is 3.75. The Morgan fingerprint density at radius 1 is 1.43 bits per heavy atom. The first-order chi connectivity index (χ1) is 10.2. The van der Waals surface area contributed by atoms with E-state index in [-0.39, 0.29) is 5.97 Å². The fourth-order valence-corrected chi connectivity index (χ4v) is 4.00. The maximum Gasteiger partial charge on any atom is 0.337 e. The minimum Gasteiger partial charge on any atom is -0.465 e.